The Kier molecular flexibility index (Phi) is 2.50. The highest BCUT2D eigenvalue weighted by molar-refractivity contribution is 5.83. The largest absolute Gasteiger partial charge is 0.475 e. The summed E-state index contributed by atoms with van der Waals surface area (Å²) in [7, 11) is 0. The molecule has 0 unspecified atom stereocenters. The molecular formula is C11H16N2O2. The van der Waals surface area contributed by atoms with Gasteiger partial charge in [0, 0.05) is 23.9 Å². The van der Waals surface area contributed by atoms with E-state index in [1.165, 1.54) is 6.42 Å². The zero-order chi connectivity index (χ0) is 11.0. The van der Waals surface area contributed by atoms with Crippen LogP contribution in [-0.4, -0.2) is 20.6 Å². The van der Waals surface area contributed by atoms with Crippen LogP contribution in [0.15, 0.2) is 6.20 Å². The van der Waals surface area contributed by atoms with Gasteiger partial charge >= 0.3 is 5.97 Å². The summed E-state index contributed by atoms with van der Waals surface area (Å²) in [5.41, 5.74) is 1.09. The Hall–Kier alpha value is -1.32. The standard InChI is InChI=1S/C11H16N2O2/c1-7(2)13-9(8-4-3-5-8)6-12-10(13)11(14)15/h6-8H,3-5H2,1-2H3,(H,14,15). The number of rotatable bonds is 3. The lowest BCUT2D eigenvalue weighted by atomic mass is 9.83. The molecule has 0 atom stereocenters. The molecule has 1 saturated carbocycles. The van der Waals surface area contributed by atoms with Crippen molar-refractivity contribution in [3.05, 3.63) is 17.7 Å². The Morgan fingerprint density at radius 3 is 2.67 bits per heavy atom. The SMILES string of the molecule is CC(C)n1c(C2CCC2)cnc1C(=O)O. The van der Waals surface area contributed by atoms with E-state index in [2.05, 4.69) is 4.98 Å². The van der Waals surface area contributed by atoms with Crippen LogP contribution in [0.25, 0.3) is 0 Å². The molecule has 1 heterocycles. The maximum Gasteiger partial charge on any atom is 0.372 e. The van der Waals surface area contributed by atoms with E-state index in [1.807, 2.05) is 18.4 Å². The Bertz CT molecular complexity index is 378. The van der Waals surface area contributed by atoms with E-state index in [0.29, 0.717) is 5.92 Å². The molecule has 0 saturated heterocycles. The van der Waals surface area contributed by atoms with Crippen LogP contribution in [0, 0.1) is 0 Å². The van der Waals surface area contributed by atoms with Gasteiger partial charge in [-0.15, -0.1) is 0 Å². The van der Waals surface area contributed by atoms with Gasteiger partial charge in [0.25, 0.3) is 0 Å². The first kappa shape index (κ1) is 10.2. The van der Waals surface area contributed by atoms with Gasteiger partial charge in [-0.3, -0.25) is 0 Å². The smallest absolute Gasteiger partial charge is 0.372 e. The zero-order valence-electron chi connectivity index (χ0n) is 9.10. The van der Waals surface area contributed by atoms with E-state index in [9.17, 15) is 4.79 Å². The van der Waals surface area contributed by atoms with Crippen molar-refractivity contribution >= 4 is 5.97 Å². The Morgan fingerprint density at radius 1 is 1.60 bits per heavy atom. The van der Waals surface area contributed by atoms with Gasteiger partial charge in [0.2, 0.25) is 5.82 Å². The van der Waals surface area contributed by atoms with Crippen molar-refractivity contribution in [2.24, 2.45) is 0 Å². The molecule has 1 N–H and O–H groups in total. The number of nitrogens with zero attached hydrogens (tertiary/aromatic N) is 2. The molecule has 1 fully saturated rings. The number of carboxylic acids is 1. The van der Waals surface area contributed by atoms with Gasteiger partial charge in [-0.25, -0.2) is 9.78 Å². The highest BCUT2D eigenvalue weighted by Crippen LogP contribution is 2.37. The molecule has 1 aromatic rings. The highest BCUT2D eigenvalue weighted by atomic mass is 16.4. The highest BCUT2D eigenvalue weighted by Gasteiger charge is 2.27. The second kappa shape index (κ2) is 3.68. The van der Waals surface area contributed by atoms with Crippen molar-refractivity contribution < 1.29 is 9.90 Å². The summed E-state index contributed by atoms with van der Waals surface area (Å²) < 4.78 is 1.85. The lowest BCUT2D eigenvalue weighted by Gasteiger charge is -2.27. The van der Waals surface area contributed by atoms with E-state index in [1.54, 1.807) is 6.20 Å². The van der Waals surface area contributed by atoms with Gasteiger partial charge in [0.05, 0.1) is 0 Å². The molecule has 0 aromatic carbocycles. The molecule has 0 spiro atoms. The summed E-state index contributed by atoms with van der Waals surface area (Å²) in [4.78, 5) is 15.0. The molecule has 0 bridgehead atoms. The van der Waals surface area contributed by atoms with Crippen LogP contribution in [-0.2, 0) is 0 Å². The van der Waals surface area contributed by atoms with Crippen molar-refractivity contribution in [1.82, 2.24) is 9.55 Å². The number of hydrogen-bond donors (Lipinski definition) is 1. The fourth-order valence-electron chi connectivity index (χ4n) is 2.08. The molecule has 1 aliphatic carbocycles. The van der Waals surface area contributed by atoms with Crippen LogP contribution < -0.4 is 0 Å². The van der Waals surface area contributed by atoms with Crippen LogP contribution in [0.5, 0.6) is 0 Å². The monoisotopic (exact) mass is 208 g/mol. The number of aromatic carboxylic acids is 1. The topological polar surface area (TPSA) is 55.1 Å². The summed E-state index contributed by atoms with van der Waals surface area (Å²) in [5.74, 6) is -0.242. The fraction of sp³-hybridized carbons (Fsp3) is 0.636. The molecule has 82 valence electrons. The average molecular weight is 208 g/mol. The molecule has 1 aliphatic rings. The van der Waals surface area contributed by atoms with Crippen LogP contribution >= 0.6 is 0 Å². The summed E-state index contributed by atoms with van der Waals surface area (Å²) >= 11 is 0. The van der Waals surface area contributed by atoms with Crippen LogP contribution in [0.2, 0.25) is 0 Å². The first-order valence-electron chi connectivity index (χ1n) is 5.41. The summed E-state index contributed by atoms with van der Waals surface area (Å²) in [6.07, 6.45) is 5.30. The minimum atomic E-state index is -0.936. The predicted molar refractivity (Wildman–Crippen MR) is 56.2 cm³/mol. The molecule has 4 nitrogen and oxygen atoms in total. The van der Waals surface area contributed by atoms with Gasteiger partial charge in [0.1, 0.15) is 0 Å². The van der Waals surface area contributed by atoms with Crippen LogP contribution in [0.4, 0.5) is 0 Å². The third-order valence-electron chi connectivity index (χ3n) is 3.06. The number of carbonyl (C=O) groups is 1. The van der Waals surface area contributed by atoms with E-state index in [4.69, 9.17) is 5.11 Å². The molecule has 4 heteroatoms. The molecule has 1 aromatic heterocycles. The van der Waals surface area contributed by atoms with E-state index in [-0.39, 0.29) is 11.9 Å². The van der Waals surface area contributed by atoms with Gasteiger partial charge in [0.15, 0.2) is 0 Å². The van der Waals surface area contributed by atoms with Crippen molar-refractivity contribution in [2.45, 2.75) is 45.1 Å². The Labute approximate surface area is 88.9 Å². The summed E-state index contributed by atoms with van der Waals surface area (Å²) in [5, 5.41) is 9.02. The minimum absolute atomic E-state index is 0.161. The normalized spacial score (nSPS) is 16.7. The summed E-state index contributed by atoms with van der Waals surface area (Å²) in [6, 6.07) is 0.161. The van der Waals surface area contributed by atoms with E-state index < -0.39 is 5.97 Å². The zero-order valence-corrected chi connectivity index (χ0v) is 9.10. The number of aromatic nitrogens is 2. The minimum Gasteiger partial charge on any atom is -0.475 e. The molecule has 2 rings (SSSR count). The quantitative estimate of drug-likeness (QED) is 0.830. The predicted octanol–water partition coefficient (Wildman–Crippen LogP) is 2.43. The van der Waals surface area contributed by atoms with Crippen molar-refractivity contribution in [3.8, 4) is 0 Å². The van der Waals surface area contributed by atoms with Gasteiger partial charge in [-0.2, -0.15) is 0 Å². The van der Waals surface area contributed by atoms with Gasteiger partial charge < -0.3 is 9.67 Å². The molecule has 0 amide bonds. The van der Waals surface area contributed by atoms with Crippen LogP contribution in [0.3, 0.4) is 0 Å². The Morgan fingerprint density at radius 2 is 2.27 bits per heavy atom. The van der Waals surface area contributed by atoms with E-state index >= 15 is 0 Å². The lowest BCUT2D eigenvalue weighted by molar-refractivity contribution is 0.0675. The first-order valence-corrected chi connectivity index (χ1v) is 5.41. The number of imidazole rings is 1. The second-order valence-electron chi connectivity index (χ2n) is 4.40. The van der Waals surface area contributed by atoms with Gasteiger partial charge in [-0.1, -0.05) is 6.42 Å². The first-order chi connectivity index (χ1) is 7.11. The number of carboxylic acid groups (broad SMARTS) is 1. The number of hydrogen-bond acceptors (Lipinski definition) is 2. The second-order valence-corrected chi connectivity index (χ2v) is 4.40. The lowest BCUT2D eigenvalue weighted by Crippen LogP contribution is -2.19. The van der Waals surface area contributed by atoms with Crippen molar-refractivity contribution in [3.63, 3.8) is 0 Å². The van der Waals surface area contributed by atoms with E-state index in [0.717, 1.165) is 18.5 Å². The van der Waals surface area contributed by atoms with Crippen molar-refractivity contribution in [1.29, 1.82) is 0 Å². The maximum atomic E-state index is 11.0. The average Bonchev–Trinajstić information content (AvgIpc) is 2.45. The Balaban J connectivity index is 2.41. The third kappa shape index (κ3) is 1.64. The van der Waals surface area contributed by atoms with Crippen LogP contribution in [0.1, 0.15) is 61.4 Å². The summed E-state index contributed by atoms with van der Waals surface area (Å²) in [6.45, 7) is 3.99. The van der Waals surface area contributed by atoms with Gasteiger partial charge in [-0.05, 0) is 26.7 Å². The molecule has 0 radical (unpaired) electrons. The fourth-order valence-corrected chi connectivity index (χ4v) is 2.08. The maximum absolute atomic E-state index is 11.0. The molecule has 0 aliphatic heterocycles. The van der Waals surface area contributed by atoms with Crippen molar-refractivity contribution in [2.75, 3.05) is 0 Å². The molecule has 15 heavy (non-hydrogen) atoms. The molecular weight excluding hydrogens is 192 g/mol. The third-order valence-corrected chi connectivity index (χ3v) is 3.06.